The number of nitrogens with zero attached hydrogens (tertiary/aromatic N) is 4. The average molecular weight is 343 g/mol. The molecule has 0 amide bonds. The first-order chi connectivity index (χ1) is 12.3. The standard InChI is InChI=1S/C18H25N5O2/c1-2-23-17(20-21-22-23)14-4-3-5-15(12-14)19-16-6-9-25-18(13-16)7-10-24-11-8-18/h3-5,12,16,19H,2,6-11,13H2,1H3. The van der Waals surface area contributed by atoms with Crippen molar-refractivity contribution in [2.24, 2.45) is 0 Å². The minimum absolute atomic E-state index is 0.00190. The van der Waals surface area contributed by atoms with Crippen molar-refractivity contribution in [1.82, 2.24) is 20.2 Å². The van der Waals surface area contributed by atoms with Gasteiger partial charge in [0.15, 0.2) is 5.82 Å². The van der Waals surface area contributed by atoms with Crippen molar-refractivity contribution in [3.05, 3.63) is 24.3 Å². The molecule has 0 saturated carbocycles. The van der Waals surface area contributed by atoms with Crippen LogP contribution < -0.4 is 5.32 Å². The smallest absolute Gasteiger partial charge is 0.182 e. The predicted molar refractivity (Wildman–Crippen MR) is 94.3 cm³/mol. The van der Waals surface area contributed by atoms with Gasteiger partial charge in [0.25, 0.3) is 0 Å². The molecule has 1 N–H and O–H groups in total. The van der Waals surface area contributed by atoms with E-state index in [2.05, 4.69) is 39.0 Å². The highest BCUT2D eigenvalue weighted by atomic mass is 16.5. The van der Waals surface area contributed by atoms with Crippen LogP contribution in [-0.4, -0.2) is 51.7 Å². The van der Waals surface area contributed by atoms with Crippen molar-refractivity contribution < 1.29 is 9.47 Å². The lowest BCUT2D eigenvalue weighted by atomic mass is 9.84. The van der Waals surface area contributed by atoms with Crippen LogP contribution in [0.1, 0.15) is 32.6 Å². The molecule has 1 aromatic heterocycles. The van der Waals surface area contributed by atoms with Gasteiger partial charge in [-0.15, -0.1) is 5.10 Å². The summed E-state index contributed by atoms with van der Waals surface area (Å²) in [6.07, 6.45) is 4.06. The van der Waals surface area contributed by atoms with Gasteiger partial charge in [-0.05, 0) is 55.2 Å². The van der Waals surface area contributed by atoms with E-state index in [0.717, 1.165) is 69.1 Å². The Morgan fingerprint density at radius 2 is 2.16 bits per heavy atom. The van der Waals surface area contributed by atoms with Crippen LogP contribution in [0.3, 0.4) is 0 Å². The lowest BCUT2D eigenvalue weighted by Crippen LogP contribution is -2.47. The molecule has 2 fully saturated rings. The lowest BCUT2D eigenvalue weighted by molar-refractivity contribution is -0.135. The Morgan fingerprint density at radius 1 is 1.28 bits per heavy atom. The zero-order valence-electron chi connectivity index (χ0n) is 14.6. The quantitative estimate of drug-likeness (QED) is 0.919. The predicted octanol–water partition coefficient (Wildman–Crippen LogP) is 2.50. The molecule has 4 rings (SSSR count). The molecule has 25 heavy (non-hydrogen) atoms. The van der Waals surface area contributed by atoms with E-state index in [1.807, 2.05) is 17.7 Å². The average Bonchev–Trinajstić information content (AvgIpc) is 3.11. The first kappa shape index (κ1) is 16.5. The second-order valence-electron chi connectivity index (χ2n) is 6.88. The summed E-state index contributed by atoms with van der Waals surface area (Å²) in [5.41, 5.74) is 2.14. The fourth-order valence-corrected chi connectivity index (χ4v) is 3.85. The zero-order chi connectivity index (χ0) is 17.1. The Bertz CT molecular complexity index is 705. The molecule has 3 heterocycles. The third kappa shape index (κ3) is 3.52. The molecule has 2 saturated heterocycles. The van der Waals surface area contributed by atoms with E-state index in [1.54, 1.807) is 0 Å². The molecule has 1 aromatic carbocycles. The van der Waals surface area contributed by atoms with Gasteiger partial charge in [0.2, 0.25) is 0 Å². The maximum absolute atomic E-state index is 6.14. The Balaban J connectivity index is 1.48. The molecular weight excluding hydrogens is 318 g/mol. The van der Waals surface area contributed by atoms with E-state index in [9.17, 15) is 0 Å². The third-order valence-corrected chi connectivity index (χ3v) is 5.22. The molecule has 0 aliphatic carbocycles. The molecular formula is C18H25N5O2. The summed E-state index contributed by atoms with van der Waals surface area (Å²) in [7, 11) is 0. The highest BCUT2D eigenvalue weighted by Gasteiger charge is 2.39. The van der Waals surface area contributed by atoms with E-state index < -0.39 is 0 Å². The highest BCUT2D eigenvalue weighted by molar-refractivity contribution is 5.62. The molecule has 1 atom stereocenters. The van der Waals surface area contributed by atoms with Crippen molar-refractivity contribution in [2.45, 2.75) is 50.8 Å². The van der Waals surface area contributed by atoms with Crippen LogP contribution in [-0.2, 0) is 16.0 Å². The van der Waals surface area contributed by atoms with Crippen molar-refractivity contribution in [2.75, 3.05) is 25.1 Å². The largest absolute Gasteiger partial charge is 0.382 e. The maximum Gasteiger partial charge on any atom is 0.182 e. The summed E-state index contributed by atoms with van der Waals surface area (Å²) in [5, 5.41) is 15.7. The Hall–Kier alpha value is -1.99. The normalized spacial score (nSPS) is 22.8. The molecule has 0 bridgehead atoms. The Kier molecular flexibility index (Phi) is 4.67. The van der Waals surface area contributed by atoms with Gasteiger partial charge in [-0.1, -0.05) is 12.1 Å². The van der Waals surface area contributed by atoms with Gasteiger partial charge < -0.3 is 14.8 Å². The van der Waals surface area contributed by atoms with E-state index in [1.165, 1.54) is 0 Å². The Morgan fingerprint density at radius 3 is 3.00 bits per heavy atom. The fourth-order valence-electron chi connectivity index (χ4n) is 3.85. The van der Waals surface area contributed by atoms with Gasteiger partial charge in [-0.2, -0.15) is 0 Å². The second kappa shape index (κ2) is 7.09. The van der Waals surface area contributed by atoms with Crippen LogP contribution in [0.4, 0.5) is 5.69 Å². The summed E-state index contributed by atoms with van der Waals surface area (Å²) in [6, 6.07) is 8.76. The topological polar surface area (TPSA) is 74.1 Å². The minimum atomic E-state index is -0.00190. The van der Waals surface area contributed by atoms with Crippen LogP contribution in [0, 0.1) is 0 Å². The molecule has 2 aliphatic heterocycles. The van der Waals surface area contributed by atoms with E-state index in [-0.39, 0.29) is 5.60 Å². The number of benzene rings is 1. The molecule has 2 aliphatic rings. The number of ether oxygens (including phenoxy) is 2. The van der Waals surface area contributed by atoms with Crippen LogP contribution in [0.15, 0.2) is 24.3 Å². The van der Waals surface area contributed by atoms with Gasteiger partial charge in [-0.3, -0.25) is 0 Å². The number of nitrogens with one attached hydrogen (secondary N) is 1. The number of rotatable bonds is 4. The first-order valence-corrected chi connectivity index (χ1v) is 9.13. The molecule has 7 nitrogen and oxygen atoms in total. The lowest BCUT2D eigenvalue weighted by Gasteiger charge is -2.43. The van der Waals surface area contributed by atoms with Crippen LogP contribution in [0.25, 0.3) is 11.4 Å². The van der Waals surface area contributed by atoms with Gasteiger partial charge in [0.05, 0.1) is 5.60 Å². The van der Waals surface area contributed by atoms with Crippen molar-refractivity contribution in [1.29, 1.82) is 0 Å². The number of tetrazole rings is 1. The second-order valence-corrected chi connectivity index (χ2v) is 6.88. The van der Waals surface area contributed by atoms with E-state index in [0.29, 0.717) is 6.04 Å². The maximum atomic E-state index is 6.14. The van der Waals surface area contributed by atoms with Crippen molar-refractivity contribution in [3.8, 4) is 11.4 Å². The van der Waals surface area contributed by atoms with Crippen LogP contribution in [0.2, 0.25) is 0 Å². The van der Waals surface area contributed by atoms with Crippen molar-refractivity contribution >= 4 is 5.69 Å². The van der Waals surface area contributed by atoms with Gasteiger partial charge in [0, 0.05) is 43.7 Å². The first-order valence-electron chi connectivity index (χ1n) is 9.13. The number of anilines is 1. The minimum Gasteiger partial charge on any atom is -0.382 e. The Labute approximate surface area is 147 Å². The van der Waals surface area contributed by atoms with Gasteiger partial charge >= 0.3 is 0 Å². The molecule has 2 aromatic rings. The summed E-state index contributed by atoms with van der Waals surface area (Å²) in [6.45, 7) is 5.22. The number of hydrogen-bond acceptors (Lipinski definition) is 6. The molecule has 1 spiro atoms. The third-order valence-electron chi connectivity index (χ3n) is 5.22. The molecule has 1 unspecified atom stereocenters. The zero-order valence-corrected chi connectivity index (χ0v) is 14.6. The monoisotopic (exact) mass is 343 g/mol. The highest BCUT2D eigenvalue weighted by Crippen LogP contribution is 2.35. The van der Waals surface area contributed by atoms with Gasteiger partial charge in [0.1, 0.15) is 0 Å². The molecule has 0 radical (unpaired) electrons. The van der Waals surface area contributed by atoms with Crippen LogP contribution >= 0.6 is 0 Å². The number of hydrogen-bond donors (Lipinski definition) is 1. The fraction of sp³-hybridized carbons (Fsp3) is 0.611. The summed E-state index contributed by atoms with van der Waals surface area (Å²) in [4.78, 5) is 0. The molecule has 7 heteroatoms. The van der Waals surface area contributed by atoms with E-state index >= 15 is 0 Å². The molecule has 134 valence electrons. The summed E-state index contributed by atoms with van der Waals surface area (Å²) >= 11 is 0. The van der Waals surface area contributed by atoms with Gasteiger partial charge in [-0.25, -0.2) is 4.68 Å². The number of aryl methyl sites for hydroxylation is 1. The number of aromatic nitrogens is 4. The SMILES string of the molecule is CCn1nnnc1-c1cccc(NC2CCOC3(CCOCC3)C2)c1. The van der Waals surface area contributed by atoms with Crippen molar-refractivity contribution in [3.63, 3.8) is 0 Å². The van der Waals surface area contributed by atoms with Crippen LogP contribution in [0.5, 0.6) is 0 Å². The summed E-state index contributed by atoms with van der Waals surface area (Å²) < 4.78 is 13.5. The van der Waals surface area contributed by atoms with E-state index in [4.69, 9.17) is 9.47 Å². The summed E-state index contributed by atoms with van der Waals surface area (Å²) in [5.74, 6) is 0.805.